The third-order valence-electron chi connectivity index (χ3n) is 3.84. The van der Waals surface area contributed by atoms with Gasteiger partial charge in [-0.15, -0.1) is 0 Å². The molecule has 2 aromatic rings. The number of ether oxygens (including phenoxy) is 1. The van der Waals surface area contributed by atoms with Crippen molar-refractivity contribution in [2.24, 2.45) is 0 Å². The lowest BCUT2D eigenvalue weighted by atomic mass is 10.0. The molecule has 4 heteroatoms. The lowest BCUT2D eigenvalue weighted by molar-refractivity contribution is -0.115. The highest BCUT2D eigenvalue weighted by Gasteiger charge is 2.19. The van der Waals surface area contributed by atoms with Crippen molar-refractivity contribution in [3.05, 3.63) is 58.9 Å². The summed E-state index contributed by atoms with van der Waals surface area (Å²) in [7, 11) is 0. The number of hydrogen-bond donors (Lipinski definition) is 1. The first-order valence-corrected chi connectivity index (χ1v) is 7.36. The number of anilines is 1. The smallest absolute Gasteiger partial charge is 0.228 e. The van der Waals surface area contributed by atoms with E-state index in [-0.39, 0.29) is 24.2 Å². The average Bonchev–Trinajstić information content (AvgIpc) is 2.82. The molecule has 0 aromatic heterocycles. The van der Waals surface area contributed by atoms with Gasteiger partial charge in [-0.1, -0.05) is 6.07 Å². The van der Waals surface area contributed by atoms with Crippen LogP contribution in [0.5, 0.6) is 5.75 Å². The zero-order valence-corrected chi connectivity index (χ0v) is 12.7. The van der Waals surface area contributed by atoms with Crippen molar-refractivity contribution in [3.8, 4) is 5.75 Å². The Balaban J connectivity index is 1.70. The molecule has 0 saturated carbocycles. The molecule has 114 valence electrons. The Morgan fingerprint density at radius 2 is 2.14 bits per heavy atom. The first-order valence-electron chi connectivity index (χ1n) is 7.36. The molecule has 3 nitrogen and oxygen atoms in total. The molecule has 1 amide bonds. The van der Waals surface area contributed by atoms with Gasteiger partial charge in [0.1, 0.15) is 17.7 Å². The largest absolute Gasteiger partial charge is 0.490 e. The molecule has 1 heterocycles. The van der Waals surface area contributed by atoms with Crippen LogP contribution in [-0.4, -0.2) is 12.0 Å². The Hall–Kier alpha value is -2.36. The molecule has 0 radical (unpaired) electrons. The number of benzene rings is 2. The normalized spacial score (nSPS) is 16.0. The van der Waals surface area contributed by atoms with Gasteiger partial charge in [-0.3, -0.25) is 4.79 Å². The van der Waals surface area contributed by atoms with Crippen LogP contribution < -0.4 is 10.1 Å². The SMILES string of the molecule is Cc1ccc(F)cc1CC(=O)Nc1ccc2c(c1)CC(C)O2. The van der Waals surface area contributed by atoms with Gasteiger partial charge in [-0.2, -0.15) is 0 Å². The summed E-state index contributed by atoms with van der Waals surface area (Å²) in [4.78, 5) is 12.1. The van der Waals surface area contributed by atoms with Gasteiger partial charge in [0, 0.05) is 12.1 Å². The number of carbonyl (C=O) groups excluding carboxylic acids is 1. The van der Waals surface area contributed by atoms with Crippen molar-refractivity contribution < 1.29 is 13.9 Å². The molecular weight excluding hydrogens is 281 g/mol. The van der Waals surface area contributed by atoms with Crippen LogP contribution in [0.2, 0.25) is 0 Å². The number of nitrogens with one attached hydrogen (secondary N) is 1. The molecule has 3 rings (SSSR count). The number of aryl methyl sites for hydroxylation is 1. The van der Waals surface area contributed by atoms with E-state index in [1.54, 1.807) is 6.07 Å². The van der Waals surface area contributed by atoms with E-state index in [0.29, 0.717) is 5.56 Å². The van der Waals surface area contributed by atoms with E-state index in [0.717, 1.165) is 29.0 Å². The second kappa shape index (κ2) is 5.79. The maximum Gasteiger partial charge on any atom is 0.228 e. The molecule has 0 fully saturated rings. The van der Waals surface area contributed by atoms with Crippen LogP contribution in [0.1, 0.15) is 23.6 Å². The fraction of sp³-hybridized carbons (Fsp3) is 0.278. The van der Waals surface area contributed by atoms with Gasteiger partial charge in [-0.05, 0) is 60.9 Å². The predicted octanol–water partition coefficient (Wildman–Crippen LogP) is 3.64. The lowest BCUT2D eigenvalue weighted by Gasteiger charge is -2.09. The van der Waals surface area contributed by atoms with Crippen molar-refractivity contribution >= 4 is 11.6 Å². The minimum Gasteiger partial charge on any atom is -0.490 e. The molecule has 0 spiro atoms. The van der Waals surface area contributed by atoms with Gasteiger partial charge >= 0.3 is 0 Å². The van der Waals surface area contributed by atoms with Crippen LogP contribution >= 0.6 is 0 Å². The molecule has 1 atom stereocenters. The van der Waals surface area contributed by atoms with Crippen LogP contribution in [0.4, 0.5) is 10.1 Å². The molecule has 0 bridgehead atoms. The van der Waals surface area contributed by atoms with E-state index < -0.39 is 0 Å². The molecule has 0 aliphatic carbocycles. The lowest BCUT2D eigenvalue weighted by Crippen LogP contribution is -2.15. The first-order chi connectivity index (χ1) is 10.5. The quantitative estimate of drug-likeness (QED) is 0.939. The highest BCUT2D eigenvalue weighted by atomic mass is 19.1. The Labute approximate surface area is 129 Å². The van der Waals surface area contributed by atoms with Crippen molar-refractivity contribution in [1.29, 1.82) is 0 Å². The first kappa shape index (κ1) is 14.6. The van der Waals surface area contributed by atoms with E-state index in [1.807, 2.05) is 32.0 Å². The van der Waals surface area contributed by atoms with Crippen LogP contribution in [0.15, 0.2) is 36.4 Å². The van der Waals surface area contributed by atoms with Gasteiger partial charge in [-0.25, -0.2) is 4.39 Å². The highest BCUT2D eigenvalue weighted by molar-refractivity contribution is 5.92. The highest BCUT2D eigenvalue weighted by Crippen LogP contribution is 2.31. The number of rotatable bonds is 3. The van der Waals surface area contributed by atoms with Crippen LogP contribution in [0, 0.1) is 12.7 Å². The van der Waals surface area contributed by atoms with E-state index in [2.05, 4.69) is 5.32 Å². The third-order valence-corrected chi connectivity index (χ3v) is 3.84. The van der Waals surface area contributed by atoms with E-state index in [4.69, 9.17) is 4.74 Å². The topological polar surface area (TPSA) is 38.3 Å². The summed E-state index contributed by atoms with van der Waals surface area (Å²) >= 11 is 0. The maximum atomic E-state index is 13.3. The molecule has 22 heavy (non-hydrogen) atoms. The molecule has 0 saturated heterocycles. The Kier molecular flexibility index (Phi) is 3.84. The summed E-state index contributed by atoms with van der Waals surface area (Å²) in [6.07, 6.45) is 1.19. The zero-order valence-electron chi connectivity index (χ0n) is 12.7. The maximum absolute atomic E-state index is 13.3. The molecule has 1 N–H and O–H groups in total. The third kappa shape index (κ3) is 3.11. The standard InChI is InChI=1S/C18H18FNO2/c1-11-3-4-15(19)8-13(11)10-18(21)20-16-5-6-17-14(9-16)7-12(2)22-17/h3-6,8-9,12H,7,10H2,1-2H3,(H,20,21). The van der Waals surface area contributed by atoms with Gasteiger partial charge in [0.25, 0.3) is 0 Å². The molecule has 1 unspecified atom stereocenters. The predicted molar refractivity (Wildman–Crippen MR) is 83.7 cm³/mol. The van der Waals surface area contributed by atoms with Crippen LogP contribution in [-0.2, 0) is 17.6 Å². The number of fused-ring (bicyclic) bond motifs is 1. The zero-order chi connectivity index (χ0) is 15.7. The van der Waals surface area contributed by atoms with Gasteiger partial charge in [0.15, 0.2) is 0 Å². The number of halogens is 1. The van der Waals surface area contributed by atoms with E-state index in [1.165, 1.54) is 12.1 Å². The summed E-state index contributed by atoms with van der Waals surface area (Å²) in [5, 5.41) is 2.86. The van der Waals surface area contributed by atoms with E-state index >= 15 is 0 Å². The summed E-state index contributed by atoms with van der Waals surface area (Å²) in [6, 6.07) is 10.1. The fourth-order valence-electron chi connectivity index (χ4n) is 2.71. The summed E-state index contributed by atoms with van der Waals surface area (Å²) in [6.45, 7) is 3.89. The van der Waals surface area contributed by atoms with Gasteiger partial charge in [0.05, 0.1) is 6.42 Å². The molecular formula is C18H18FNO2. The molecule has 2 aromatic carbocycles. The van der Waals surface area contributed by atoms with Crippen LogP contribution in [0.3, 0.4) is 0 Å². The van der Waals surface area contributed by atoms with E-state index in [9.17, 15) is 9.18 Å². The summed E-state index contributed by atoms with van der Waals surface area (Å²) < 4.78 is 18.9. The second-order valence-corrected chi connectivity index (χ2v) is 5.75. The van der Waals surface area contributed by atoms with Crippen molar-refractivity contribution in [2.45, 2.75) is 32.8 Å². The summed E-state index contributed by atoms with van der Waals surface area (Å²) in [5.41, 5.74) is 3.46. The van der Waals surface area contributed by atoms with Crippen molar-refractivity contribution in [3.63, 3.8) is 0 Å². The van der Waals surface area contributed by atoms with Gasteiger partial charge < -0.3 is 10.1 Å². The number of amides is 1. The minimum atomic E-state index is -0.322. The monoisotopic (exact) mass is 299 g/mol. The minimum absolute atomic E-state index is 0.152. The van der Waals surface area contributed by atoms with Gasteiger partial charge in [0.2, 0.25) is 5.91 Å². The van der Waals surface area contributed by atoms with Crippen molar-refractivity contribution in [2.75, 3.05) is 5.32 Å². The summed E-state index contributed by atoms with van der Waals surface area (Å²) in [5.74, 6) is 0.407. The number of carbonyl (C=O) groups is 1. The second-order valence-electron chi connectivity index (χ2n) is 5.75. The Bertz CT molecular complexity index is 727. The molecule has 1 aliphatic rings. The number of hydrogen-bond acceptors (Lipinski definition) is 2. The Morgan fingerprint density at radius 1 is 1.32 bits per heavy atom. The Morgan fingerprint density at radius 3 is 2.95 bits per heavy atom. The fourth-order valence-corrected chi connectivity index (χ4v) is 2.71. The average molecular weight is 299 g/mol. The van der Waals surface area contributed by atoms with Crippen molar-refractivity contribution in [1.82, 2.24) is 0 Å². The van der Waals surface area contributed by atoms with Crippen LogP contribution in [0.25, 0.3) is 0 Å². The molecule has 1 aliphatic heterocycles.